The summed E-state index contributed by atoms with van der Waals surface area (Å²) in [7, 11) is 0. The lowest BCUT2D eigenvalue weighted by molar-refractivity contribution is 0.0572. The second-order valence-corrected chi connectivity index (χ2v) is 6.01. The first-order chi connectivity index (χ1) is 9.28. The van der Waals surface area contributed by atoms with Crippen LogP contribution in [0.3, 0.4) is 0 Å². The Hall–Kier alpha value is -0.720. The Balaban J connectivity index is 2.00. The van der Waals surface area contributed by atoms with E-state index in [9.17, 15) is 0 Å². The highest BCUT2D eigenvalue weighted by Gasteiger charge is 2.21. The molecule has 0 aromatic carbocycles. The predicted molar refractivity (Wildman–Crippen MR) is 83.0 cm³/mol. The van der Waals surface area contributed by atoms with E-state index < -0.39 is 0 Å². The van der Waals surface area contributed by atoms with Gasteiger partial charge in [-0.05, 0) is 28.1 Å². The molecule has 1 fully saturated rings. The molecule has 0 amide bonds. The molecule has 2 aromatic rings. The van der Waals surface area contributed by atoms with Crippen LogP contribution < -0.4 is 4.90 Å². The van der Waals surface area contributed by atoms with Gasteiger partial charge in [0.15, 0.2) is 0 Å². The van der Waals surface area contributed by atoms with Crippen LogP contribution in [0.25, 0.3) is 11.0 Å². The first-order valence-corrected chi connectivity index (χ1v) is 8.02. The van der Waals surface area contributed by atoms with Gasteiger partial charge in [0.1, 0.15) is 5.52 Å². The number of ether oxygens (including phenoxy) is 1. The van der Waals surface area contributed by atoms with Crippen molar-refractivity contribution in [2.45, 2.75) is 6.10 Å². The van der Waals surface area contributed by atoms with Crippen molar-refractivity contribution in [2.75, 3.05) is 29.9 Å². The fourth-order valence-corrected chi connectivity index (χ4v) is 2.99. The Kier molecular flexibility index (Phi) is 4.00. The minimum atomic E-state index is 0.229. The molecule has 19 heavy (non-hydrogen) atoms. The van der Waals surface area contributed by atoms with Crippen LogP contribution in [0.2, 0.25) is 0 Å². The van der Waals surface area contributed by atoms with Crippen molar-refractivity contribution in [3.05, 3.63) is 29.0 Å². The highest BCUT2D eigenvalue weighted by molar-refractivity contribution is 9.10. The summed E-state index contributed by atoms with van der Waals surface area (Å²) in [6.07, 6.45) is 3.88. The third-order valence-electron chi connectivity index (χ3n) is 3.17. The molecule has 0 spiro atoms. The average molecular weight is 387 g/mol. The maximum absolute atomic E-state index is 5.68. The number of aromatic nitrogens is 2. The van der Waals surface area contributed by atoms with Gasteiger partial charge < -0.3 is 9.64 Å². The molecule has 1 aliphatic rings. The molecule has 1 unspecified atom stereocenters. The third-order valence-corrected chi connectivity index (χ3v) is 4.33. The van der Waals surface area contributed by atoms with Crippen LogP contribution in [0.5, 0.6) is 0 Å². The van der Waals surface area contributed by atoms with Crippen molar-refractivity contribution in [3.63, 3.8) is 0 Å². The van der Waals surface area contributed by atoms with E-state index in [1.807, 2.05) is 24.5 Å². The van der Waals surface area contributed by atoms with Crippen LogP contribution in [0, 0.1) is 0 Å². The molecule has 3 heterocycles. The molecule has 100 valence electrons. The number of fused-ring (bicyclic) bond motifs is 1. The van der Waals surface area contributed by atoms with E-state index in [2.05, 4.69) is 46.7 Å². The van der Waals surface area contributed by atoms with Crippen LogP contribution in [-0.4, -0.2) is 41.1 Å². The van der Waals surface area contributed by atoms with Crippen LogP contribution in [0.4, 0.5) is 5.69 Å². The Morgan fingerprint density at radius 1 is 1.42 bits per heavy atom. The Bertz CT molecular complexity index is 593. The Morgan fingerprint density at radius 2 is 2.32 bits per heavy atom. The van der Waals surface area contributed by atoms with Crippen molar-refractivity contribution in [1.82, 2.24) is 9.97 Å². The number of alkyl halides is 1. The molecule has 0 N–H and O–H groups in total. The lowest BCUT2D eigenvalue weighted by atomic mass is 10.2. The molecular formula is C13H13Br2N3O. The summed E-state index contributed by atoms with van der Waals surface area (Å²) < 4.78 is 6.63. The fraction of sp³-hybridized carbons (Fsp3) is 0.385. The van der Waals surface area contributed by atoms with Gasteiger partial charge in [0.25, 0.3) is 0 Å². The molecule has 6 heteroatoms. The zero-order valence-electron chi connectivity index (χ0n) is 10.2. The number of hydrogen-bond acceptors (Lipinski definition) is 4. The lowest BCUT2D eigenvalue weighted by Gasteiger charge is -2.34. The summed E-state index contributed by atoms with van der Waals surface area (Å²) in [4.78, 5) is 11.2. The molecule has 0 aliphatic carbocycles. The van der Waals surface area contributed by atoms with Crippen LogP contribution in [-0.2, 0) is 4.74 Å². The van der Waals surface area contributed by atoms with E-state index in [1.54, 1.807) is 0 Å². The average Bonchev–Trinajstić information content (AvgIpc) is 2.46. The first kappa shape index (κ1) is 13.3. The zero-order chi connectivity index (χ0) is 13.2. The Morgan fingerprint density at radius 3 is 3.16 bits per heavy atom. The Labute approximate surface area is 128 Å². The summed E-state index contributed by atoms with van der Waals surface area (Å²) in [6, 6.07) is 4.02. The molecule has 1 atom stereocenters. The van der Waals surface area contributed by atoms with Crippen LogP contribution in [0.15, 0.2) is 29.0 Å². The summed E-state index contributed by atoms with van der Waals surface area (Å²) in [5.41, 5.74) is 2.99. The first-order valence-electron chi connectivity index (χ1n) is 6.10. The van der Waals surface area contributed by atoms with E-state index in [0.717, 1.165) is 46.2 Å². The van der Waals surface area contributed by atoms with Crippen molar-refractivity contribution in [3.8, 4) is 0 Å². The monoisotopic (exact) mass is 385 g/mol. The topological polar surface area (TPSA) is 38.2 Å². The summed E-state index contributed by atoms with van der Waals surface area (Å²) in [6.45, 7) is 2.51. The molecule has 2 aromatic heterocycles. The molecule has 1 aliphatic heterocycles. The fourth-order valence-electron chi connectivity index (χ4n) is 2.28. The zero-order valence-corrected chi connectivity index (χ0v) is 13.4. The third kappa shape index (κ3) is 2.75. The normalized spacial score (nSPS) is 19.9. The van der Waals surface area contributed by atoms with E-state index in [4.69, 9.17) is 4.74 Å². The van der Waals surface area contributed by atoms with Gasteiger partial charge in [-0.3, -0.25) is 9.97 Å². The van der Waals surface area contributed by atoms with Crippen LogP contribution >= 0.6 is 31.9 Å². The van der Waals surface area contributed by atoms with Gasteiger partial charge in [-0.1, -0.05) is 15.9 Å². The minimum Gasteiger partial charge on any atom is -0.374 e. The maximum atomic E-state index is 5.68. The van der Waals surface area contributed by atoms with Gasteiger partial charge in [-0.2, -0.15) is 0 Å². The molecule has 1 saturated heterocycles. The van der Waals surface area contributed by atoms with Gasteiger partial charge in [0.2, 0.25) is 0 Å². The lowest BCUT2D eigenvalue weighted by Crippen LogP contribution is -2.43. The number of anilines is 1. The highest BCUT2D eigenvalue weighted by Crippen LogP contribution is 2.26. The number of nitrogens with zero attached hydrogens (tertiary/aromatic N) is 3. The number of rotatable bonds is 2. The van der Waals surface area contributed by atoms with Crippen molar-refractivity contribution >= 4 is 48.6 Å². The van der Waals surface area contributed by atoms with Crippen molar-refractivity contribution in [1.29, 1.82) is 0 Å². The van der Waals surface area contributed by atoms with E-state index >= 15 is 0 Å². The molecule has 0 bridgehead atoms. The molecule has 3 rings (SSSR count). The predicted octanol–water partition coefficient (Wildman–Crippen LogP) is 2.99. The summed E-state index contributed by atoms with van der Waals surface area (Å²) in [5, 5.41) is 0.853. The highest BCUT2D eigenvalue weighted by atomic mass is 79.9. The quantitative estimate of drug-likeness (QED) is 0.743. The van der Waals surface area contributed by atoms with Gasteiger partial charge in [-0.15, -0.1) is 0 Å². The number of pyridine rings is 2. The van der Waals surface area contributed by atoms with Crippen molar-refractivity contribution in [2.24, 2.45) is 0 Å². The standard InChI is InChI=1S/C13H13Br2N3O/c14-6-10-8-18(3-4-19-10)12-1-2-16-11-5-9(15)7-17-13(11)12/h1-2,5,7,10H,3-4,6,8H2. The van der Waals surface area contributed by atoms with E-state index in [0.29, 0.717) is 0 Å². The van der Waals surface area contributed by atoms with Gasteiger partial charge in [0.05, 0.1) is 23.9 Å². The number of hydrogen-bond donors (Lipinski definition) is 0. The smallest absolute Gasteiger partial charge is 0.112 e. The van der Waals surface area contributed by atoms with Gasteiger partial charge >= 0.3 is 0 Å². The molecule has 4 nitrogen and oxygen atoms in total. The molecule has 0 saturated carbocycles. The van der Waals surface area contributed by atoms with Crippen molar-refractivity contribution < 1.29 is 4.74 Å². The summed E-state index contributed by atoms with van der Waals surface area (Å²) in [5.74, 6) is 0. The number of morpholine rings is 1. The largest absolute Gasteiger partial charge is 0.374 e. The van der Waals surface area contributed by atoms with Crippen LogP contribution in [0.1, 0.15) is 0 Å². The van der Waals surface area contributed by atoms with E-state index in [1.165, 1.54) is 0 Å². The second-order valence-electron chi connectivity index (χ2n) is 4.44. The second kappa shape index (κ2) is 5.73. The maximum Gasteiger partial charge on any atom is 0.112 e. The van der Waals surface area contributed by atoms with Gasteiger partial charge in [0, 0.05) is 35.3 Å². The number of halogens is 2. The molecule has 0 radical (unpaired) electrons. The molecular weight excluding hydrogens is 374 g/mol. The minimum absolute atomic E-state index is 0.229. The summed E-state index contributed by atoms with van der Waals surface area (Å²) >= 11 is 6.92. The SMILES string of the molecule is BrCC1CN(c2ccnc3cc(Br)cnc23)CCO1. The van der Waals surface area contributed by atoms with Gasteiger partial charge in [-0.25, -0.2) is 0 Å². The van der Waals surface area contributed by atoms with E-state index in [-0.39, 0.29) is 6.10 Å².